The van der Waals surface area contributed by atoms with E-state index in [-0.39, 0.29) is 0 Å². The monoisotopic (exact) mass is 324 g/mol. The Kier molecular flexibility index (Phi) is 6.01. The molecule has 0 aliphatic carbocycles. The third-order valence-corrected chi connectivity index (χ3v) is 4.01. The molecule has 0 aliphatic rings. The number of nitrogens with zero attached hydrogens (tertiary/aromatic N) is 1. The highest BCUT2D eigenvalue weighted by molar-refractivity contribution is 5.83. The molecule has 0 radical (unpaired) electrons. The van der Waals surface area contributed by atoms with E-state index in [1.807, 2.05) is 18.2 Å². The maximum absolute atomic E-state index is 5.89. The standard InChI is InChI=1S/C20H24N2O2/c1-23-13-11-21-14-19-9-5-8-18-10-12-22(20(18)19)16-24-15-17-6-3-2-4-7-17/h2-10,12,21H,11,13-16H2,1H3. The maximum atomic E-state index is 5.89. The lowest BCUT2D eigenvalue weighted by molar-refractivity contribution is 0.0667. The molecular weight excluding hydrogens is 300 g/mol. The second kappa shape index (κ2) is 8.64. The summed E-state index contributed by atoms with van der Waals surface area (Å²) >= 11 is 0. The van der Waals surface area contributed by atoms with Gasteiger partial charge in [0.15, 0.2) is 0 Å². The molecule has 0 fully saturated rings. The highest BCUT2D eigenvalue weighted by atomic mass is 16.5. The summed E-state index contributed by atoms with van der Waals surface area (Å²) in [6.45, 7) is 3.56. The van der Waals surface area contributed by atoms with Crippen LogP contribution in [0.15, 0.2) is 60.8 Å². The quantitative estimate of drug-likeness (QED) is 0.611. The lowest BCUT2D eigenvalue weighted by Crippen LogP contribution is -2.19. The fourth-order valence-electron chi connectivity index (χ4n) is 2.82. The molecule has 0 aliphatic heterocycles. The second-order valence-electron chi connectivity index (χ2n) is 5.77. The molecule has 24 heavy (non-hydrogen) atoms. The minimum atomic E-state index is 0.549. The zero-order valence-corrected chi connectivity index (χ0v) is 14.1. The van der Waals surface area contributed by atoms with Gasteiger partial charge in [0.05, 0.1) is 18.7 Å². The van der Waals surface area contributed by atoms with Gasteiger partial charge in [-0.2, -0.15) is 0 Å². The molecule has 1 heterocycles. The van der Waals surface area contributed by atoms with Crippen LogP contribution in [-0.2, 0) is 29.4 Å². The Morgan fingerprint density at radius 2 is 1.88 bits per heavy atom. The van der Waals surface area contributed by atoms with E-state index < -0.39 is 0 Å². The van der Waals surface area contributed by atoms with Crippen LogP contribution in [0.3, 0.4) is 0 Å². The average Bonchev–Trinajstić information content (AvgIpc) is 3.04. The molecule has 2 aromatic carbocycles. The second-order valence-corrected chi connectivity index (χ2v) is 5.77. The number of hydrogen-bond acceptors (Lipinski definition) is 3. The van der Waals surface area contributed by atoms with Crippen LogP contribution in [0, 0.1) is 0 Å². The highest BCUT2D eigenvalue weighted by Gasteiger charge is 2.06. The van der Waals surface area contributed by atoms with Crippen molar-refractivity contribution < 1.29 is 9.47 Å². The first-order valence-electron chi connectivity index (χ1n) is 8.26. The number of hydrogen-bond donors (Lipinski definition) is 1. The summed E-state index contributed by atoms with van der Waals surface area (Å²) in [5.41, 5.74) is 3.70. The number of methoxy groups -OCH3 is 1. The van der Waals surface area contributed by atoms with Crippen LogP contribution >= 0.6 is 0 Å². The zero-order valence-electron chi connectivity index (χ0n) is 14.1. The maximum Gasteiger partial charge on any atom is 0.123 e. The van der Waals surface area contributed by atoms with Crippen molar-refractivity contribution in [2.45, 2.75) is 19.9 Å². The van der Waals surface area contributed by atoms with E-state index in [4.69, 9.17) is 9.47 Å². The first-order chi connectivity index (χ1) is 11.9. The molecule has 1 aromatic heterocycles. The Balaban J connectivity index is 1.66. The van der Waals surface area contributed by atoms with Gasteiger partial charge in [-0.1, -0.05) is 48.5 Å². The van der Waals surface area contributed by atoms with Gasteiger partial charge in [0.25, 0.3) is 0 Å². The van der Waals surface area contributed by atoms with E-state index in [1.165, 1.54) is 22.0 Å². The summed E-state index contributed by atoms with van der Waals surface area (Å²) in [7, 11) is 1.72. The van der Waals surface area contributed by atoms with Gasteiger partial charge >= 0.3 is 0 Å². The van der Waals surface area contributed by atoms with Crippen molar-refractivity contribution in [2.75, 3.05) is 20.3 Å². The number of para-hydroxylation sites is 1. The Bertz CT molecular complexity index is 753. The third-order valence-electron chi connectivity index (χ3n) is 4.01. The van der Waals surface area contributed by atoms with Crippen molar-refractivity contribution in [3.63, 3.8) is 0 Å². The van der Waals surface area contributed by atoms with E-state index in [1.54, 1.807) is 7.11 Å². The molecule has 0 saturated heterocycles. The van der Waals surface area contributed by atoms with Crippen molar-refractivity contribution in [1.29, 1.82) is 0 Å². The molecule has 126 valence electrons. The lowest BCUT2D eigenvalue weighted by atomic mass is 10.1. The number of nitrogens with one attached hydrogen (secondary N) is 1. The fourth-order valence-corrected chi connectivity index (χ4v) is 2.82. The number of aromatic nitrogens is 1. The van der Waals surface area contributed by atoms with E-state index in [0.29, 0.717) is 13.3 Å². The van der Waals surface area contributed by atoms with Crippen LogP contribution in [0.1, 0.15) is 11.1 Å². The van der Waals surface area contributed by atoms with E-state index in [9.17, 15) is 0 Å². The first kappa shape index (κ1) is 16.7. The topological polar surface area (TPSA) is 35.4 Å². The van der Waals surface area contributed by atoms with E-state index in [0.717, 1.165) is 19.7 Å². The van der Waals surface area contributed by atoms with Gasteiger partial charge in [0, 0.05) is 26.4 Å². The summed E-state index contributed by atoms with van der Waals surface area (Å²) < 4.78 is 13.1. The average molecular weight is 324 g/mol. The fraction of sp³-hybridized carbons (Fsp3) is 0.300. The first-order valence-corrected chi connectivity index (χ1v) is 8.26. The van der Waals surface area contributed by atoms with Crippen LogP contribution in [0.25, 0.3) is 10.9 Å². The molecule has 0 amide bonds. The molecule has 4 nitrogen and oxygen atoms in total. The molecule has 4 heteroatoms. The molecule has 1 N–H and O–H groups in total. The van der Waals surface area contributed by atoms with Gasteiger partial charge in [0.1, 0.15) is 6.73 Å². The summed E-state index contributed by atoms with van der Waals surface area (Å²) in [5.74, 6) is 0. The van der Waals surface area contributed by atoms with Gasteiger partial charge in [0.2, 0.25) is 0 Å². The molecule has 0 spiro atoms. The normalized spacial score (nSPS) is 11.2. The molecule has 3 rings (SSSR count). The van der Waals surface area contributed by atoms with E-state index in [2.05, 4.69) is 52.5 Å². The van der Waals surface area contributed by atoms with E-state index >= 15 is 0 Å². The largest absolute Gasteiger partial charge is 0.383 e. The molecule has 0 saturated carbocycles. The lowest BCUT2D eigenvalue weighted by Gasteiger charge is -2.11. The zero-order chi connectivity index (χ0) is 16.6. The summed E-state index contributed by atoms with van der Waals surface area (Å²) in [6.07, 6.45) is 2.09. The van der Waals surface area contributed by atoms with Gasteiger partial charge in [-0.3, -0.25) is 0 Å². The van der Waals surface area contributed by atoms with Crippen molar-refractivity contribution in [2.24, 2.45) is 0 Å². The smallest absolute Gasteiger partial charge is 0.123 e. The van der Waals surface area contributed by atoms with Crippen LogP contribution in [0.5, 0.6) is 0 Å². The minimum absolute atomic E-state index is 0.549. The van der Waals surface area contributed by atoms with Gasteiger partial charge in [-0.15, -0.1) is 0 Å². The Labute approximate surface area is 143 Å². The molecule has 0 bridgehead atoms. The molecular formula is C20H24N2O2. The number of fused-ring (bicyclic) bond motifs is 1. The summed E-state index contributed by atoms with van der Waals surface area (Å²) in [4.78, 5) is 0. The number of ether oxygens (including phenoxy) is 2. The van der Waals surface area contributed by atoms with Crippen molar-refractivity contribution in [3.8, 4) is 0 Å². The van der Waals surface area contributed by atoms with Gasteiger partial charge in [-0.05, 0) is 22.6 Å². The molecule has 0 unspecified atom stereocenters. The SMILES string of the molecule is COCCNCc1cccc2ccn(COCc3ccccc3)c12. The summed E-state index contributed by atoms with van der Waals surface area (Å²) in [6, 6.07) is 18.8. The predicted octanol–water partition coefficient (Wildman–Crippen LogP) is 3.55. The predicted molar refractivity (Wildman–Crippen MR) is 96.8 cm³/mol. The van der Waals surface area contributed by atoms with Crippen LogP contribution in [0.2, 0.25) is 0 Å². The molecule has 0 atom stereocenters. The van der Waals surface area contributed by atoms with Crippen LogP contribution in [-0.4, -0.2) is 24.8 Å². The molecule has 3 aromatic rings. The third kappa shape index (κ3) is 4.23. The van der Waals surface area contributed by atoms with Crippen LogP contribution in [0.4, 0.5) is 0 Å². The van der Waals surface area contributed by atoms with Crippen molar-refractivity contribution >= 4 is 10.9 Å². The summed E-state index contributed by atoms with van der Waals surface area (Å²) in [5, 5.41) is 4.65. The van der Waals surface area contributed by atoms with Crippen molar-refractivity contribution in [3.05, 3.63) is 71.9 Å². The highest BCUT2D eigenvalue weighted by Crippen LogP contribution is 2.20. The Morgan fingerprint density at radius 1 is 1.00 bits per heavy atom. The minimum Gasteiger partial charge on any atom is -0.383 e. The number of benzene rings is 2. The van der Waals surface area contributed by atoms with Crippen molar-refractivity contribution in [1.82, 2.24) is 9.88 Å². The van der Waals surface area contributed by atoms with Gasteiger partial charge in [-0.25, -0.2) is 0 Å². The number of rotatable bonds is 9. The van der Waals surface area contributed by atoms with Crippen LogP contribution < -0.4 is 5.32 Å². The Hall–Kier alpha value is -2.14. The van der Waals surface area contributed by atoms with Gasteiger partial charge < -0.3 is 19.4 Å². The Morgan fingerprint density at radius 3 is 2.71 bits per heavy atom.